The van der Waals surface area contributed by atoms with E-state index in [4.69, 9.17) is 18.9 Å². The third kappa shape index (κ3) is 5.33. The molecule has 0 spiro atoms. The molecule has 0 atom stereocenters. The Balaban J connectivity index is 1.61. The highest BCUT2D eigenvalue weighted by Crippen LogP contribution is 2.54. The van der Waals surface area contributed by atoms with Gasteiger partial charge in [0.2, 0.25) is 0 Å². The number of ether oxygens (including phenoxy) is 4. The van der Waals surface area contributed by atoms with E-state index in [0.29, 0.717) is 79.3 Å². The van der Waals surface area contributed by atoms with E-state index in [1.165, 1.54) is 0 Å². The maximum Gasteiger partial charge on any atom is 0.159 e. The quantitative estimate of drug-likeness (QED) is 0.148. The highest BCUT2D eigenvalue weighted by Gasteiger charge is 2.29. The van der Waals surface area contributed by atoms with Crippen molar-refractivity contribution < 1.29 is 18.9 Å². The van der Waals surface area contributed by atoms with Gasteiger partial charge in [-0.3, -0.25) is 0 Å². The van der Waals surface area contributed by atoms with Gasteiger partial charge in [0.25, 0.3) is 0 Å². The monoisotopic (exact) mass is 686 g/mol. The van der Waals surface area contributed by atoms with Crippen molar-refractivity contribution in [3.8, 4) is 79.7 Å². The van der Waals surface area contributed by atoms with Crippen LogP contribution in [-0.4, -0.2) is 68.3 Å². The first kappa shape index (κ1) is 32.1. The summed E-state index contributed by atoms with van der Waals surface area (Å²) in [6, 6.07) is 18.7. The second-order valence-corrected chi connectivity index (χ2v) is 11.4. The number of fused-ring (bicyclic) bond motifs is 2. The third-order valence-electron chi connectivity index (χ3n) is 8.76. The maximum atomic E-state index is 6.39. The summed E-state index contributed by atoms with van der Waals surface area (Å²) in [6.07, 6.45) is 13.6. The Kier molecular flexibility index (Phi) is 8.45. The van der Waals surface area contributed by atoms with Crippen molar-refractivity contribution in [2.75, 3.05) is 28.4 Å². The zero-order valence-corrected chi connectivity index (χ0v) is 28.6. The fourth-order valence-electron chi connectivity index (χ4n) is 6.65. The van der Waals surface area contributed by atoms with E-state index in [1.54, 1.807) is 102 Å². The van der Waals surface area contributed by atoms with Crippen LogP contribution in [0.15, 0.2) is 110 Å². The minimum absolute atomic E-state index is 0.479. The van der Waals surface area contributed by atoms with Gasteiger partial charge in [0.15, 0.2) is 23.3 Å². The van der Waals surface area contributed by atoms with Crippen molar-refractivity contribution in [1.29, 1.82) is 0 Å². The van der Waals surface area contributed by atoms with E-state index in [1.807, 2.05) is 36.4 Å². The molecule has 4 aromatic heterocycles. The molecule has 254 valence electrons. The first-order valence-electron chi connectivity index (χ1n) is 16.2. The second-order valence-electron chi connectivity index (χ2n) is 11.4. The van der Waals surface area contributed by atoms with Gasteiger partial charge in [-0.2, -0.15) is 0 Å². The Bertz CT molecular complexity index is 2380. The van der Waals surface area contributed by atoms with Gasteiger partial charge in [0, 0.05) is 105 Å². The molecule has 0 aliphatic heterocycles. The van der Waals surface area contributed by atoms with Gasteiger partial charge in [-0.25, -0.2) is 39.9 Å². The zero-order chi connectivity index (χ0) is 35.6. The molecule has 8 rings (SSSR count). The standard InChI is InChI=1S/C40H30N8O4/c1-49-29-11-9-23(37-41-13-5-14-42-37)33-31(29)27(39-45-17-7-18-46-39)21-25(35(33)51-3)26-22-28(40-47-19-8-20-48-40)32-30(50-2)12-10-24(34(32)36(26)52-4)38-43-15-6-16-44-38/h5-22H,1-4H3. The molecule has 52 heavy (non-hydrogen) atoms. The second kappa shape index (κ2) is 13.7. The first-order chi connectivity index (χ1) is 25.7. The average Bonchev–Trinajstić information content (AvgIpc) is 3.22. The predicted molar refractivity (Wildman–Crippen MR) is 197 cm³/mol. The van der Waals surface area contributed by atoms with E-state index in [2.05, 4.69) is 39.9 Å². The molecule has 0 aliphatic rings. The summed E-state index contributed by atoms with van der Waals surface area (Å²) in [5.74, 6) is 4.20. The molecule has 12 nitrogen and oxygen atoms in total. The van der Waals surface area contributed by atoms with Crippen molar-refractivity contribution >= 4 is 21.5 Å². The first-order valence-corrected chi connectivity index (χ1v) is 16.2. The van der Waals surface area contributed by atoms with Crippen molar-refractivity contribution in [3.05, 3.63) is 110 Å². The van der Waals surface area contributed by atoms with Crippen LogP contribution in [0.25, 0.3) is 78.2 Å². The third-order valence-corrected chi connectivity index (χ3v) is 8.76. The van der Waals surface area contributed by atoms with Crippen LogP contribution in [0.3, 0.4) is 0 Å². The van der Waals surface area contributed by atoms with Gasteiger partial charge in [0.05, 0.1) is 28.4 Å². The lowest BCUT2D eigenvalue weighted by Gasteiger charge is -2.23. The molecule has 4 aromatic carbocycles. The van der Waals surface area contributed by atoms with E-state index < -0.39 is 0 Å². The molecule has 8 aromatic rings. The molecule has 0 fully saturated rings. The average molecular weight is 687 g/mol. The van der Waals surface area contributed by atoms with Crippen LogP contribution in [0.4, 0.5) is 0 Å². The minimum Gasteiger partial charge on any atom is -0.496 e. The van der Waals surface area contributed by atoms with Crippen LogP contribution in [0.1, 0.15) is 0 Å². The molecule has 0 N–H and O–H groups in total. The Morgan fingerprint density at radius 2 is 0.635 bits per heavy atom. The van der Waals surface area contributed by atoms with Gasteiger partial charge < -0.3 is 18.9 Å². The minimum atomic E-state index is 0.479. The summed E-state index contributed by atoms with van der Waals surface area (Å²) < 4.78 is 24.7. The number of aromatic nitrogens is 8. The van der Waals surface area contributed by atoms with E-state index in [-0.39, 0.29) is 0 Å². The number of benzene rings is 4. The van der Waals surface area contributed by atoms with Crippen molar-refractivity contribution in [1.82, 2.24) is 39.9 Å². The molecule has 0 saturated carbocycles. The number of methoxy groups -OCH3 is 4. The van der Waals surface area contributed by atoms with Crippen LogP contribution in [0.2, 0.25) is 0 Å². The van der Waals surface area contributed by atoms with Crippen molar-refractivity contribution in [2.45, 2.75) is 0 Å². The molecule has 12 heteroatoms. The van der Waals surface area contributed by atoms with E-state index >= 15 is 0 Å². The van der Waals surface area contributed by atoms with Gasteiger partial charge in [-0.15, -0.1) is 0 Å². The Morgan fingerprint density at radius 1 is 0.327 bits per heavy atom. The van der Waals surface area contributed by atoms with E-state index in [9.17, 15) is 0 Å². The summed E-state index contributed by atoms with van der Waals surface area (Å²) in [7, 11) is 6.52. The van der Waals surface area contributed by atoms with E-state index in [0.717, 1.165) is 21.9 Å². The van der Waals surface area contributed by atoms with Crippen molar-refractivity contribution in [2.24, 2.45) is 0 Å². The van der Waals surface area contributed by atoms with Gasteiger partial charge in [0.1, 0.15) is 23.0 Å². The van der Waals surface area contributed by atoms with Crippen LogP contribution in [0, 0.1) is 0 Å². The van der Waals surface area contributed by atoms with Crippen LogP contribution in [0.5, 0.6) is 23.0 Å². The lowest BCUT2D eigenvalue weighted by Crippen LogP contribution is -2.02. The normalized spacial score (nSPS) is 11.1. The lowest BCUT2D eigenvalue weighted by molar-refractivity contribution is 0.413. The highest BCUT2D eigenvalue weighted by molar-refractivity contribution is 6.17. The van der Waals surface area contributed by atoms with Gasteiger partial charge in [-0.05, 0) is 60.7 Å². The topological polar surface area (TPSA) is 140 Å². The fourth-order valence-corrected chi connectivity index (χ4v) is 6.65. The fraction of sp³-hybridized carbons (Fsp3) is 0.100. The van der Waals surface area contributed by atoms with Crippen LogP contribution in [-0.2, 0) is 0 Å². The Morgan fingerprint density at radius 3 is 0.923 bits per heavy atom. The molecular weight excluding hydrogens is 656 g/mol. The number of hydrogen-bond acceptors (Lipinski definition) is 12. The molecule has 0 radical (unpaired) electrons. The maximum absolute atomic E-state index is 6.39. The number of rotatable bonds is 9. The zero-order valence-electron chi connectivity index (χ0n) is 28.6. The largest absolute Gasteiger partial charge is 0.496 e. The molecule has 0 amide bonds. The SMILES string of the molecule is COc1ccc(-c2ncccn2)c2c(OC)c(-c3cc(-c4ncccn4)c4c(OC)ccc(-c5ncccn5)c4c3OC)cc(-c3ncccn3)c12. The lowest BCUT2D eigenvalue weighted by atomic mass is 9.87. The van der Waals surface area contributed by atoms with Crippen LogP contribution < -0.4 is 18.9 Å². The smallest absolute Gasteiger partial charge is 0.159 e. The highest BCUT2D eigenvalue weighted by atomic mass is 16.5. The summed E-state index contributed by atoms with van der Waals surface area (Å²) in [5.41, 5.74) is 4.16. The molecular formula is C40H30N8O4. The predicted octanol–water partition coefficient (Wildman–Crippen LogP) is 7.52. The summed E-state index contributed by atoms with van der Waals surface area (Å²) in [5, 5.41) is 2.85. The van der Waals surface area contributed by atoms with Crippen molar-refractivity contribution in [3.63, 3.8) is 0 Å². The summed E-state index contributed by atoms with van der Waals surface area (Å²) in [4.78, 5) is 37.2. The van der Waals surface area contributed by atoms with Gasteiger partial charge in [-0.1, -0.05) is 0 Å². The Labute approximate surface area is 298 Å². The molecule has 4 heterocycles. The van der Waals surface area contributed by atoms with Gasteiger partial charge >= 0.3 is 0 Å². The molecule has 0 bridgehead atoms. The molecule has 0 unspecified atom stereocenters. The number of hydrogen-bond donors (Lipinski definition) is 0. The molecule has 0 aliphatic carbocycles. The Hall–Kier alpha value is -7.08. The van der Waals surface area contributed by atoms with Crippen LogP contribution >= 0.6 is 0 Å². The summed E-state index contributed by atoms with van der Waals surface area (Å²) >= 11 is 0. The molecule has 0 saturated heterocycles. The number of nitrogens with zero attached hydrogens (tertiary/aromatic N) is 8. The summed E-state index contributed by atoms with van der Waals surface area (Å²) in [6.45, 7) is 0.